The fraction of sp³-hybridized carbons (Fsp3) is 0.211. The average Bonchev–Trinajstić information content (AvgIpc) is 2.60. The molecule has 4 heteroatoms. The van der Waals surface area contributed by atoms with E-state index in [2.05, 4.69) is 10.6 Å². The molecule has 0 unspecified atom stereocenters. The van der Waals surface area contributed by atoms with Gasteiger partial charge in [0, 0.05) is 11.9 Å². The third-order valence-corrected chi connectivity index (χ3v) is 4.61. The van der Waals surface area contributed by atoms with Crippen molar-refractivity contribution in [1.29, 1.82) is 0 Å². The standard InChI is InChI=1S/C19H18N2O2/c1-23-14-9-7-12(8-10-14)16-18(22)15-6-2-4-13-5-3-11-21(17(13)15)19(16)20/h2,4,6-10H,3,5,11,20H2,1H3. The molecule has 2 aromatic carbocycles. The predicted octanol–water partition coefficient (Wildman–Crippen LogP) is 3.21. The summed E-state index contributed by atoms with van der Waals surface area (Å²) in [6, 6.07) is 13.4. The molecule has 0 saturated carbocycles. The summed E-state index contributed by atoms with van der Waals surface area (Å²) in [7, 11) is 1.62. The molecule has 0 atom stereocenters. The van der Waals surface area contributed by atoms with Gasteiger partial charge >= 0.3 is 0 Å². The van der Waals surface area contributed by atoms with Crippen molar-refractivity contribution in [2.75, 3.05) is 12.8 Å². The van der Waals surface area contributed by atoms with Crippen LogP contribution in [-0.2, 0) is 13.0 Å². The summed E-state index contributed by atoms with van der Waals surface area (Å²) in [5.74, 6) is 1.32. The van der Waals surface area contributed by atoms with E-state index >= 15 is 0 Å². The van der Waals surface area contributed by atoms with Gasteiger partial charge < -0.3 is 15.0 Å². The van der Waals surface area contributed by atoms with E-state index in [4.69, 9.17) is 10.5 Å². The highest BCUT2D eigenvalue weighted by Gasteiger charge is 2.20. The molecule has 23 heavy (non-hydrogen) atoms. The summed E-state index contributed by atoms with van der Waals surface area (Å²) in [6.45, 7) is 0.850. The Bertz CT molecular complexity index is 956. The van der Waals surface area contributed by atoms with Gasteiger partial charge in [0.05, 0.1) is 18.2 Å². The molecule has 1 aromatic heterocycles. The summed E-state index contributed by atoms with van der Waals surface area (Å²) in [4.78, 5) is 13.0. The lowest BCUT2D eigenvalue weighted by molar-refractivity contribution is 0.415. The van der Waals surface area contributed by atoms with Gasteiger partial charge in [0.25, 0.3) is 0 Å². The van der Waals surface area contributed by atoms with Crippen LogP contribution >= 0.6 is 0 Å². The highest BCUT2D eigenvalue weighted by Crippen LogP contribution is 2.32. The van der Waals surface area contributed by atoms with Crippen LogP contribution in [0.15, 0.2) is 47.3 Å². The minimum atomic E-state index is 0.00247. The van der Waals surface area contributed by atoms with Gasteiger partial charge in [0.2, 0.25) is 0 Å². The maximum Gasteiger partial charge on any atom is 0.199 e. The average molecular weight is 306 g/mol. The Balaban J connectivity index is 2.06. The molecule has 116 valence electrons. The molecule has 2 N–H and O–H groups in total. The second-order valence-corrected chi connectivity index (χ2v) is 5.89. The smallest absolute Gasteiger partial charge is 0.199 e. The van der Waals surface area contributed by atoms with Gasteiger partial charge in [0.15, 0.2) is 5.43 Å². The van der Waals surface area contributed by atoms with Crippen LogP contribution in [0.3, 0.4) is 0 Å². The molecule has 2 heterocycles. The van der Waals surface area contributed by atoms with Crippen molar-refractivity contribution in [2.24, 2.45) is 0 Å². The summed E-state index contributed by atoms with van der Waals surface area (Å²) in [5, 5.41) is 0.752. The van der Waals surface area contributed by atoms with Crippen molar-refractivity contribution in [3.63, 3.8) is 0 Å². The first-order chi connectivity index (χ1) is 11.2. The lowest BCUT2D eigenvalue weighted by atomic mass is 9.97. The van der Waals surface area contributed by atoms with Gasteiger partial charge in [0.1, 0.15) is 11.6 Å². The van der Waals surface area contributed by atoms with Crippen molar-refractivity contribution >= 4 is 16.7 Å². The second kappa shape index (κ2) is 5.16. The molecule has 0 fully saturated rings. The van der Waals surface area contributed by atoms with Gasteiger partial charge in [-0.2, -0.15) is 0 Å². The molecule has 4 rings (SSSR count). The van der Waals surface area contributed by atoms with E-state index in [0.717, 1.165) is 41.6 Å². The van der Waals surface area contributed by atoms with Crippen LogP contribution in [-0.4, -0.2) is 11.7 Å². The third kappa shape index (κ3) is 2.02. The zero-order chi connectivity index (χ0) is 16.0. The molecule has 0 amide bonds. The van der Waals surface area contributed by atoms with Crippen LogP contribution in [0.1, 0.15) is 12.0 Å². The van der Waals surface area contributed by atoms with E-state index in [1.54, 1.807) is 7.11 Å². The molecule has 1 aliphatic heterocycles. The number of rotatable bonds is 2. The normalized spacial score (nSPS) is 13.3. The largest absolute Gasteiger partial charge is 0.497 e. The minimum absolute atomic E-state index is 0.00247. The Kier molecular flexibility index (Phi) is 3.11. The van der Waals surface area contributed by atoms with Crippen molar-refractivity contribution in [3.05, 3.63) is 58.3 Å². The first-order valence-corrected chi connectivity index (χ1v) is 7.79. The predicted molar refractivity (Wildman–Crippen MR) is 92.9 cm³/mol. The Morgan fingerprint density at radius 3 is 2.65 bits per heavy atom. The number of nitrogen functional groups attached to an aromatic ring is 1. The number of aromatic nitrogens is 1. The van der Waals surface area contributed by atoms with Crippen molar-refractivity contribution in [1.82, 2.24) is 4.57 Å². The fourth-order valence-electron chi connectivity index (χ4n) is 3.50. The number of nitrogens with two attached hydrogens (primary N) is 1. The molecule has 0 aliphatic carbocycles. The van der Waals surface area contributed by atoms with Crippen LogP contribution in [0.5, 0.6) is 5.75 Å². The first kappa shape index (κ1) is 13.9. The van der Waals surface area contributed by atoms with E-state index < -0.39 is 0 Å². The van der Waals surface area contributed by atoms with Crippen LogP contribution < -0.4 is 15.9 Å². The molecular weight excluding hydrogens is 288 g/mol. The number of anilines is 1. The molecule has 0 spiro atoms. The lowest BCUT2D eigenvalue weighted by Crippen LogP contribution is -2.21. The number of hydrogen-bond donors (Lipinski definition) is 1. The van der Waals surface area contributed by atoms with E-state index in [1.807, 2.05) is 36.4 Å². The van der Waals surface area contributed by atoms with Gasteiger partial charge in [-0.25, -0.2) is 0 Å². The first-order valence-electron chi connectivity index (χ1n) is 7.79. The number of para-hydroxylation sites is 1. The monoisotopic (exact) mass is 306 g/mol. The SMILES string of the molecule is COc1ccc(-c2c(N)n3c4c(cccc4c2=O)CCC3)cc1. The van der Waals surface area contributed by atoms with Crippen LogP contribution in [0.25, 0.3) is 22.0 Å². The molecular formula is C19H18N2O2. The summed E-state index contributed by atoms with van der Waals surface area (Å²) < 4.78 is 7.28. The maximum absolute atomic E-state index is 13.0. The van der Waals surface area contributed by atoms with E-state index in [-0.39, 0.29) is 5.43 Å². The zero-order valence-electron chi connectivity index (χ0n) is 13.0. The summed E-state index contributed by atoms with van der Waals surface area (Å²) in [6.07, 6.45) is 2.04. The highest BCUT2D eigenvalue weighted by atomic mass is 16.5. The second-order valence-electron chi connectivity index (χ2n) is 5.89. The number of hydrogen-bond acceptors (Lipinski definition) is 3. The van der Waals surface area contributed by atoms with E-state index in [9.17, 15) is 4.79 Å². The van der Waals surface area contributed by atoms with Crippen molar-refractivity contribution in [3.8, 4) is 16.9 Å². The highest BCUT2D eigenvalue weighted by molar-refractivity contribution is 5.91. The van der Waals surface area contributed by atoms with Gasteiger partial charge in [-0.3, -0.25) is 4.79 Å². The summed E-state index contributed by atoms with van der Waals surface area (Å²) in [5.41, 5.74) is 10.0. The Hall–Kier alpha value is -2.75. The topological polar surface area (TPSA) is 57.2 Å². The van der Waals surface area contributed by atoms with Gasteiger partial charge in [-0.15, -0.1) is 0 Å². The minimum Gasteiger partial charge on any atom is -0.497 e. The van der Waals surface area contributed by atoms with Crippen LogP contribution in [0.2, 0.25) is 0 Å². The Labute approximate surface area is 134 Å². The quantitative estimate of drug-likeness (QED) is 0.791. The number of benzene rings is 2. The number of ether oxygens (including phenoxy) is 1. The number of methoxy groups -OCH3 is 1. The molecule has 0 saturated heterocycles. The number of aryl methyl sites for hydroxylation is 2. The van der Waals surface area contributed by atoms with Gasteiger partial charge in [-0.1, -0.05) is 24.3 Å². The van der Waals surface area contributed by atoms with Crippen LogP contribution in [0.4, 0.5) is 5.82 Å². The van der Waals surface area contributed by atoms with Crippen molar-refractivity contribution < 1.29 is 4.74 Å². The number of nitrogens with zero attached hydrogens (tertiary/aromatic N) is 1. The van der Waals surface area contributed by atoms with Crippen LogP contribution in [0, 0.1) is 0 Å². The number of pyridine rings is 1. The lowest BCUT2D eigenvalue weighted by Gasteiger charge is -2.23. The molecule has 0 radical (unpaired) electrons. The summed E-state index contributed by atoms with van der Waals surface area (Å²) >= 11 is 0. The van der Waals surface area contributed by atoms with Crippen molar-refractivity contribution in [2.45, 2.75) is 19.4 Å². The Morgan fingerprint density at radius 1 is 1.13 bits per heavy atom. The molecule has 1 aliphatic rings. The van der Waals surface area contributed by atoms with Gasteiger partial charge in [-0.05, 0) is 42.2 Å². The van der Waals surface area contributed by atoms with E-state index in [1.165, 1.54) is 5.56 Å². The van der Waals surface area contributed by atoms with E-state index in [0.29, 0.717) is 11.4 Å². The zero-order valence-corrected chi connectivity index (χ0v) is 13.0. The molecule has 0 bridgehead atoms. The maximum atomic E-state index is 13.0. The molecule has 3 aromatic rings. The third-order valence-electron chi connectivity index (χ3n) is 4.61. The fourth-order valence-corrected chi connectivity index (χ4v) is 3.50. The molecule has 4 nitrogen and oxygen atoms in total. The Morgan fingerprint density at radius 2 is 1.91 bits per heavy atom.